The highest BCUT2D eigenvalue weighted by molar-refractivity contribution is 5.88. The van der Waals surface area contributed by atoms with Crippen LogP contribution in [0.15, 0.2) is 54.6 Å². The number of fused-ring (bicyclic) bond motifs is 1. The van der Waals surface area contributed by atoms with E-state index in [4.69, 9.17) is 0 Å². The van der Waals surface area contributed by atoms with Gasteiger partial charge in [-0.15, -0.1) is 0 Å². The molecule has 0 bridgehead atoms. The van der Waals surface area contributed by atoms with E-state index in [0.717, 1.165) is 0 Å². The van der Waals surface area contributed by atoms with Gasteiger partial charge in [0.15, 0.2) is 0 Å². The summed E-state index contributed by atoms with van der Waals surface area (Å²) in [5.74, 6) is 0. The number of hydrogen-bond acceptors (Lipinski definition) is 0. The Kier molecular flexibility index (Phi) is 2.87. The SMILES string of the molecule is Cc1ccc(C)c(-c2ccc3ccccc3c2)c1C. The number of aryl methyl sites for hydroxylation is 2. The summed E-state index contributed by atoms with van der Waals surface area (Å²) in [7, 11) is 0. The summed E-state index contributed by atoms with van der Waals surface area (Å²) in [4.78, 5) is 0. The Bertz CT molecular complexity index is 751. The highest BCUT2D eigenvalue weighted by atomic mass is 14.1. The molecule has 0 heterocycles. The zero-order valence-corrected chi connectivity index (χ0v) is 11.7. The Morgan fingerprint density at radius 2 is 1.32 bits per heavy atom. The van der Waals surface area contributed by atoms with Crippen molar-refractivity contribution in [3.63, 3.8) is 0 Å². The summed E-state index contributed by atoms with van der Waals surface area (Å²) in [6.07, 6.45) is 0. The first kappa shape index (κ1) is 12.0. The fourth-order valence-electron chi connectivity index (χ4n) is 2.74. The quantitative estimate of drug-likeness (QED) is 0.537. The monoisotopic (exact) mass is 246 g/mol. The van der Waals surface area contributed by atoms with Gasteiger partial charge in [-0.1, -0.05) is 48.5 Å². The molecule has 0 atom stereocenters. The van der Waals surface area contributed by atoms with Crippen molar-refractivity contribution >= 4 is 10.8 Å². The molecule has 0 unspecified atom stereocenters. The van der Waals surface area contributed by atoms with Gasteiger partial charge < -0.3 is 0 Å². The fourth-order valence-corrected chi connectivity index (χ4v) is 2.74. The van der Waals surface area contributed by atoms with E-state index in [-0.39, 0.29) is 0 Å². The first-order valence-electron chi connectivity index (χ1n) is 6.73. The van der Waals surface area contributed by atoms with E-state index in [1.807, 2.05) is 0 Å². The molecule has 3 aromatic rings. The third-order valence-corrected chi connectivity index (χ3v) is 3.98. The smallest absolute Gasteiger partial charge is 0.0123 e. The molecule has 0 radical (unpaired) electrons. The van der Waals surface area contributed by atoms with E-state index < -0.39 is 0 Å². The van der Waals surface area contributed by atoms with Crippen molar-refractivity contribution in [3.05, 3.63) is 71.3 Å². The Balaban J connectivity index is 2.27. The van der Waals surface area contributed by atoms with Crippen LogP contribution in [-0.2, 0) is 0 Å². The number of hydrogen-bond donors (Lipinski definition) is 0. The maximum atomic E-state index is 2.30. The molecule has 3 rings (SSSR count). The summed E-state index contributed by atoms with van der Waals surface area (Å²) in [5.41, 5.74) is 6.78. The predicted octanol–water partition coefficient (Wildman–Crippen LogP) is 5.43. The molecule has 0 aromatic heterocycles. The number of rotatable bonds is 1. The maximum absolute atomic E-state index is 2.30. The van der Waals surface area contributed by atoms with Crippen LogP contribution in [0.3, 0.4) is 0 Å². The van der Waals surface area contributed by atoms with Crippen molar-refractivity contribution in [3.8, 4) is 11.1 Å². The molecule has 0 aliphatic carbocycles. The summed E-state index contributed by atoms with van der Waals surface area (Å²) >= 11 is 0. The van der Waals surface area contributed by atoms with Gasteiger partial charge in [0.2, 0.25) is 0 Å². The van der Waals surface area contributed by atoms with E-state index in [1.165, 1.54) is 38.6 Å². The number of benzene rings is 3. The highest BCUT2D eigenvalue weighted by Crippen LogP contribution is 2.31. The van der Waals surface area contributed by atoms with Crippen molar-refractivity contribution in [2.45, 2.75) is 20.8 Å². The molecule has 0 aliphatic rings. The molecule has 0 amide bonds. The second kappa shape index (κ2) is 4.55. The zero-order valence-electron chi connectivity index (χ0n) is 11.7. The lowest BCUT2D eigenvalue weighted by atomic mass is 9.91. The van der Waals surface area contributed by atoms with Crippen molar-refractivity contribution in [2.75, 3.05) is 0 Å². The van der Waals surface area contributed by atoms with Gasteiger partial charge in [0.1, 0.15) is 0 Å². The first-order chi connectivity index (χ1) is 9.16. The Morgan fingerprint density at radius 1 is 0.632 bits per heavy atom. The van der Waals surface area contributed by atoms with Crippen LogP contribution in [0.4, 0.5) is 0 Å². The van der Waals surface area contributed by atoms with Crippen LogP contribution in [0.2, 0.25) is 0 Å². The van der Waals surface area contributed by atoms with Gasteiger partial charge in [-0.3, -0.25) is 0 Å². The van der Waals surface area contributed by atoms with Crippen LogP contribution in [0.5, 0.6) is 0 Å². The summed E-state index contributed by atoms with van der Waals surface area (Å²) in [6.45, 7) is 6.59. The molecule has 0 N–H and O–H groups in total. The zero-order chi connectivity index (χ0) is 13.4. The molecule has 0 saturated heterocycles. The maximum Gasteiger partial charge on any atom is -0.0123 e. The standard InChI is InChI=1S/C19H18/c1-13-8-9-14(2)19(15(13)3)18-11-10-16-6-4-5-7-17(16)12-18/h4-12H,1-3H3. The van der Waals surface area contributed by atoms with Crippen molar-refractivity contribution in [1.82, 2.24) is 0 Å². The minimum Gasteiger partial charge on any atom is -0.0616 e. The van der Waals surface area contributed by atoms with Crippen LogP contribution in [0, 0.1) is 20.8 Å². The van der Waals surface area contributed by atoms with Crippen molar-refractivity contribution in [1.29, 1.82) is 0 Å². The van der Waals surface area contributed by atoms with Gasteiger partial charge >= 0.3 is 0 Å². The highest BCUT2D eigenvalue weighted by Gasteiger charge is 2.08. The second-order valence-electron chi connectivity index (χ2n) is 5.26. The molecule has 0 heteroatoms. The van der Waals surface area contributed by atoms with Crippen LogP contribution in [-0.4, -0.2) is 0 Å². The van der Waals surface area contributed by atoms with E-state index in [0.29, 0.717) is 0 Å². The Hall–Kier alpha value is -2.08. The van der Waals surface area contributed by atoms with Crippen LogP contribution in [0.1, 0.15) is 16.7 Å². The largest absolute Gasteiger partial charge is 0.0616 e. The molecule has 0 fully saturated rings. The van der Waals surface area contributed by atoms with E-state index in [1.54, 1.807) is 0 Å². The van der Waals surface area contributed by atoms with Crippen molar-refractivity contribution < 1.29 is 0 Å². The summed E-state index contributed by atoms with van der Waals surface area (Å²) in [6, 6.07) is 19.7. The lowest BCUT2D eigenvalue weighted by Crippen LogP contribution is -1.91. The minimum absolute atomic E-state index is 1.30. The summed E-state index contributed by atoms with van der Waals surface area (Å²) in [5, 5.41) is 2.61. The minimum atomic E-state index is 1.30. The Labute approximate surface area is 114 Å². The normalized spacial score (nSPS) is 10.9. The van der Waals surface area contributed by atoms with E-state index >= 15 is 0 Å². The molecule has 0 nitrogen and oxygen atoms in total. The third kappa shape index (κ3) is 2.04. The molecule has 19 heavy (non-hydrogen) atoms. The molecular formula is C19H18. The molecule has 0 saturated carbocycles. The first-order valence-corrected chi connectivity index (χ1v) is 6.73. The van der Waals surface area contributed by atoms with Crippen molar-refractivity contribution in [2.24, 2.45) is 0 Å². The lowest BCUT2D eigenvalue weighted by Gasteiger charge is -2.13. The molecule has 0 spiro atoms. The molecule has 0 aliphatic heterocycles. The second-order valence-corrected chi connectivity index (χ2v) is 5.26. The average molecular weight is 246 g/mol. The van der Waals surface area contributed by atoms with Gasteiger partial charge in [0.25, 0.3) is 0 Å². The van der Waals surface area contributed by atoms with E-state index in [2.05, 4.69) is 75.4 Å². The summed E-state index contributed by atoms with van der Waals surface area (Å²) < 4.78 is 0. The van der Waals surface area contributed by atoms with Gasteiger partial charge in [0, 0.05) is 0 Å². The van der Waals surface area contributed by atoms with Crippen LogP contribution in [0.25, 0.3) is 21.9 Å². The third-order valence-electron chi connectivity index (χ3n) is 3.98. The topological polar surface area (TPSA) is 0 Å². The predicted molar refractivity (Wildman–Crippen MR) is 83.6 cm³/mol. The molecular weight excluding hydrogens is 228 g/mol. The molecule has 94 valence electrons. The van der Waals surface area contributed by atoms with E-state index in [9.17, 15) is 0 Å². The van der Waals surface area contributed by atoms with Gasteiger partial charge in [0.05, 0.1) is 0 Å². The average Bonchev–Trinajstić information content (AvgIpc) is 2.43. The molecule has 3 aromatic carbocycles. The van der Waals surface area contributed by atoms with Gasteiger partial charge in [-0.05, 0) is 65.4 Å². The van der Waals surface area contributed by atoms with Gasteiger partial charge in [-0.2, -0.15) is 0 Å². The van der Waals surface area contributed by atoms with Crippen LogP contribution < -0.4 is 0 Å². The van der Waals surface area contributed by atoms with Gasteiger partial charge in [-0.25, -0.2) is 0 Å². The lowest BCUT2D eigenvalue weighted by molar-refractivity contribution is 1.30. The van der Waals surface area contributed by atoms with Crippen LogP contribution >= 0.6 is 0 Å². The Morgan fingerprint density at radius 3 is 2.11 bits per heavy atom. The fraction of sp³-hybridized carbons (Fsp3) is 0.158.